The number of benzene rings is 2. The minimum atomic E-state index is -2.90. The zero-order valence-electron chi connectivity index (χ0n) is 24.7. The number of piperidine rings is 1. The van der Waals surface area contributed by atoms with Crippen molar-refractivity contribution in [2.45, 2.75) is 50.7 Å². The van der Waals surface area contributed by atoms with Crippen molar-refractivity contribution in [1.29, 1.82) is 0 Å². The Morgan fingerprint density at radius 1 is 1.14 bits per heavy atom. The summed E-state index contributed by atoms with van der Waals surface area (Å²) in [5, 5.41) is 11.4. The number of carbonyl (C=O) groups excluding carboxylic acids is 2. The van der Waals surface area contributed by atoms with E-state index < -0.39 is 42.3 Å². The van der Waals surface area contributed by atoms with Crippen LogP contribution in [-0.4, -0.2) is 81.0 Å². The van der Waals surface area contributed by atoms with Gasteiger partial charge in [-0.25, -0.2) is 13.2 Å². The first kappa shape index (κ1) is 29.6. The second-order valence-electron chi connectivity index (χ2n) is 12.0. The summed E-state index contributed by atoms with van der Waals surface area (Å²) in [5.74, 6) is -3.84. The zero-order valence-corrected chi connectivity index (χ0v) is 24.7. The summed E-state index contributed by atoms with van der Waals surface area (Å²) in [6.07, 6.45) is 2.42. The molecule has 2 saturated heterocycles. The summed E-state index contributed by atoms with van der Waals surface area (Å²) in [6, 6.07) is 12.8. The van der Waals surface area contributed by atoms with Crippen LogP contribution in [0.4, 0.5) is 13.2 Å². The van der Waals surface area contributed by atoms with E-state index in [1.54, 1.807) is 35.4 Å². The number of rotatable bonds is 7. The van der Waals surface area contributed by atoms with E-state index in [1.807, 2.05) is 26.0 Å². The first-order valence-electron chi connectivity index (χ1n) is 14.4. The highest BCUT2D eigenvalue weighted by Gasteiger charge is 2.50. The Labute approximate surface area is 252 Å². The molecule has 2 aromatic heterocycles. The van der Waals surface area contributed by atoms with Crippen LogP contribution in [0.15, 0.2) is 54.7 Å². The minimum absolute atomic E-state index is 0.00235. The monoisotopic (exact) mass is 606 g/mol. The lowest BCUT2D eigenvalue weighted by Gasteiger charge is -2.48. The van der Waals surface area contributed by atoms with Gasteiger partial charge in [0, 0.05) is 47.1 Å². The van der Waals surface area contributed by atoms with Gasteiger partial charge >= 0.3 is 0 Å². The van der Waals surface area contributed by atoms with Gasteiger partial charge in [0.05, 0.1) is 37.3 Å². The third-order valence-electron chi connectivity index (χ3n) is 8.47. The van der Waals surface area contributed by atoms with Crippen LogP contribution in [-0.2, 0) is 11.3 Å². The maximum atomic E-state index is 15.0. The van der Waals surface area contributed by atoms with Crippen LogP contribution in [0.25, 0.3) is 22.2 Å². The van der Waals surface area contributed by atoms with E-state index in [9.17, 15) is 22.8 Å². The number of H-pyrrole nitrogens is 1. The van der Waals surface area contributed by atoms with Crippen LogP contribution in [0.5, 0.6) is 5.75 Å². The molecule has 2 aromatic carbocycles. The van der Waals surface area contributed by atoms with Crippen LogP contribution >= 0.6 is 0 Å². The Morgan fingerprint density at radius 3 is 2.66 bits per heavy atom. The van der Waals surface area contributed by atoms with E-state index in [-0.39, 0.29) is 24.6 Å². The third kappa shape index (κ3) is 5.73. The molecule has 2 aliphatic rings. The molecular formula is C32H33F3N6O3. The summed E-state index contributed by atoms with van der Waals surface area (Å²) >= 11 is 0. The summed E-state index contributed by atoms with van der Waals surface area (Å²) in [7, 11) is 1.43. The average molecular weight is 607 g/mol. The van der Waals surface area contributed by atoms with Crippen molar-refractivity contribution < 1.29 is 27.5 Å². The third-order valence-corrected chi connectivity index (χ3v) is 8.47. The summed E-state index contributed by atoms with van der Waals surface area (Å²) < 4.78 is 47.6. The summed E-state index contributed by atoms with van der Waals surface area (Å²) in [6.45, 7) is 2.68. The number of likely N-dealkylation sites (tertiary alicyclic amines) is 2. The van der Waals surface area contributed by atoms with E-state index in [4.69, 9.17) is 4.74 Å². The number of nitrogens with zero attached hydrogens (tertiary/aromatic N) is 4. The number of aromatic amines is 1. The Kier molecular flexibility index (Phi) is 7.56. The number of amides is 2. The van der Waals surface area contributed by atoms with Crippen molar-refractivity contribution >= 4 is 22.7 Å². The standard InChI is InChI=1S/C32H33F3N6O3/c1-19-13-20(10-12-36-19)28-22-14-21(7-8-25(22)38-39-28)29(42)37-31(2)11-9-26(30(43)41-17-32(34,35)18-41)40(16-31)15-23-24(33)5-4-6-27(23)44-3/h4-8,10,12-14,26H,9,11,15-18H2,1-3H3,(H,37,42)(H,38,39)/t26-,31?/m0/s1. The highest BCUT2D eigenvalue weighted by molar-refractivity contribution is 6.01. The van der Waals surface area contributed by atoms with Gasteiger partial charge in [-0.05, 0) is 69.2 Å². The molecule has 1 unspecified atom stereocenters. The molecule has 0 spiro atoms. The van der Waals surface area contributed by atoms with E-state index >= 15 is 0 Å². The maximum absolute atomic E-state index is 15.0. The van der Waals surface area contributed by atoms with Crippen LogP contribution in [0.2, 0.25) is 0 Å². The van der Waals surface area contributed by atoms with E-state index in [0.717, 1.165) is 27.1 Å². The van der Waals surface area contributed by atoms with Crippen LogP contribution < -0.4 is 10.1 Å². The fourth-order valence-corrected chi connectivity index (χ4v) is 6.20. The van der Waals surface area contributed by atoms with Gasteiger partial charge in [0.1, 0.15) is 17.3 Å². The predicted octanol–water partition coefficient (Wildman–Crippen LogP) is 4.71. The topological polar surface area (TPSA) is 103 Å². The number of aromatic nitrogens is 3. The van der Waals surface area contributed by atoms with Crippen molar-refractivity contribution in [3.63, 3.8) is 0 Å². The molecule has 2 amide bonds. The molecule has 12 heteroatoms. The normalized spacial score (nSPS) is 21.6. The van der Waals surface area contributed by atoms with Gasteiger partial charge in [0.2, 0.25) is 5.91 Å². The summed E-state index contributed by atoms with van der Waals surface area (Å²) in [5.41, 5.74) is 3.06. The molecule has 0 aliphatic carbocycles. The second kappa shape index (κ2) is 11.2. The average Bonchev–Trinajstić information content (AvgIpc) is 3.40. The number of ether oxygens (including phenoxy) is 1. The number of pyridine rings is 1. The summed E-state index contributed by atoms with van der Waals surface area (Å²) in [4.78, 5) is 34.1. The Bertz CT molecular complexity index is 1740. The molecular weight excluding hydrogens is 573 g/mol. The molecule has 2 atom stereocenters. The number of nitrogens with one attached hydrogen (secondary N) is 2. The molecule has 230 valence electrons. The highest BCUT2D eigenvalue weighted by Crippen LogP contribution is 2.35. The van der Waals surface area contributed by atoms with Crippen LogP contribution in [0, 0.1) is 12.7 Å². The van der Waals surface area contributed by atoms with Gasteiger partial charge in [-0.15, -0.1) is 0 Å². The number of fused-ring (bicyclic) bond motifs is 1. The lowest BCUT2D eigenvalue weighted by atomic mass is 9.85. The molecule has 4 aromatic rings. The molecule has 0 radical (unpaired) electrons. The first-order valence-corrected chi connectivity index (χ1v) is 14.4. The quantitative estimate of drug-likeness (QED) is 0.316. The molecule has 4 heterocycles. The second-order valence-corrected chi connectivity index (χ2v) is 12.0. The number of carbonyl (C=O) groups is 2. The van der Waals surface area contributed by atoms with E-state index in [2.05, 4.69) is 20.5 Å². The smallest absolute Gasteiger partial charge is 0.282 e. The van der Waals surface area contributed by atoms with Crippen LogP contribution in [0.1, 0.15) is 41.4 Å². The number of halogens is 3. The maximum Gasteiger partial charge on any atom is 0.282 e. The molecule has 9 nitrogen and oxygen atoms in total. The van der Waals surface area contributed by atoms with E-state index in [1.165, 1.54) is 19.2 Å². The molecule has 0 bridgehead atoms. The minimum Gasteiger partial charge on any atom is -0.496 e. The van der Waals surface area contributed by atoms with Crippen molar-refractivity contribution in [3.05, 3.63) is 77.4 Å². The molecule has 2 aliphatic heterocycles. The number of alkyl halides is 2. The SMILES string of the molecule is COc1cccc(F)c1CN1CC(C)(NC(=O)c2ccc3[nH]nc(-c4ccnc(C)c4)c3c2)CC[C@H]1C(=O)N1CC(F)(F)C1. The van der Waals surface area contributed by atoms with Gasteiger partial charge < -0.3 is 15.0 Å². The fraction of sp³-hybridized carbons (Fsp3) is 0.375. The lowest BCUT2D eigenvalue weighted by molar-refractivity contribution is -0.172. The number of aryl methyl sites for hydroxylation is 1. The Morgan fingerprint density at radius 2 is 1.93 bits per heavy atom. The van der Waals surface area contributed by atoms with Crippen molar-refractivity contribution in [2.24, 2.45) is 0 Å². The molecule has 44 heavy (non-hydrogen) atoms. The zero-order chi connectivity index (χ0) is 31.2. The largest absolute Gasteiger partial charge is 0.496 e. The molecule has 6 rings (SSSR count). The number of methoxy groups -OCH3 is 1. The first-order chi connectivity index (χ1) is 20.9. The fourth-order valence-electron chi connectivity index (χ4n) is 6.20. The van der Waals surface area contributed by atoms with Gasteiger partial charge in [0.15, 0.2) is 0 Å². The molecule has 0 saturated carbocycles. The van der Waals surface area contributed by atoms with Crippen LogP contribution in [0.3, 0.4) is 0 Å². The van der Waals surface area contributed by atoms with Crippen molar-refractivity contribution in [3.8, 4) is 17.0 Å². The predicted molar refractivity (Wildman–Crippen MR) is 158 cm³/mol. The van der Waals surface area contributed by atoms with E-state index in [0.29, 0.717) is 29.8 Å². The van der Waals surface area contributed by atoms with Gasteiger partial charge in [-0.1, -0.05) is 6.07 Å². The van der Waals surface area contributed by atoms with Crippen molar-refractivity contribution in [1.82, 2.24) is 30.3 Å². The Hall–Kier alpha value is -4.45. The highest BCUT2D eigenvalue weighted by atomic mass is 19.3. The van der Waals surface area contributed by atoms with Gasteiger partial charge in [0.25, 0.3) is 11.8 Å². The molecule has 2 N–H and O–H groups in total. The number of hydrogen-bond acceptors (Lipinski definition) is 6. The van der Waals surface area contributed by atoms with Crippen molar-refractivity contribution in [2.75, 3.05) is 26.7 Å². The molecule has 2 fully saturated rings. The van der Waals surface area contributed by atoms with Gasteiger partial charge in [-0.2, -0.15) is 5.10 Å². The Balaban J connectivity index is 1.25. The van der Waals surface area contributed by atoms with Gasteiger partial charge in [-0.3, -0.25) is 24.6 Å². The lowest BCUT2D eigenvalue weighted by Crippen LogP contribution is -2.66. The number of hydrogen-bond donors (Lipinski definition) is 2.